The Labute approximate surface area is 124 Å². The summed E-state index contributed by atoms with van der Waals surface area (Å²) in [5.41, 5.74) is 3.75. The van der Waals surface area contributed by atoms with Crippen molar-refractivity contribution in [1.82, 2.24) is 5.32 Å². The van der Waals surface area contributed by atoms with E-state index in [1.165, 1.54) is 16.7 Å². The number of benzene rings is 2. The first-order chi connectivity index (χ1) is 10.2. The van der Waals surface area contributed by atoms with Crippen molar-refractivity contribution in [2.75, 3.05) is 6.61 Å². The maximum absolute atomic E-state index is 12.0. The van der Waals surface area contributed by atoms with Crippen LogP contribution in [0.15, 0.2) is 48.5 Å². The second kappa shape index (κ2) is 6.00. The van der Waals surface area contributed by atoms with Gasteiger partial charge in [-0.3, -0.25) is 4.79 Å². The first kappa shape index (κ1) is 13.7. The summed E-state index contributed by atoms with van der Waals surface area (Å²) in [6.45, 7) is 2.08. The molecule has 0 heterocycles. The van der Waals surface area contributed by atoms with Crippen molar-refractivity contribution in [3.63, 3.8) is 0 Å². The zero-order valence-corrected chi connectivity index (χ0v) is 12.1. The molecule has 0 spiro atoms. The molecule has 0 aromatic heterocycles. The van der Waals surface area contributed by atoms with Crippen molar-refractivity contribution in [2.45, 2.75) is 25.8 Å². The van der Waals surface area contributed by atoms with Gasteiger partial charge in [0.2, 0.25) is 0 Å². The smallest absolute Gasteiger partial charge is 0.258 e. The highest BCUT2D eigenvalue weighted by Crippen LogP contribution is 2.30. The lowest BCUT2D eigenvalue weighted by Crippen LogP contribution is -2.31. The first-order valence-corrected chi connectivity index (χ1v) is 7.29. The molecular formula is C18H19NO2. The summed E-state index contributed by atoms with van der Waals surface area (Å²) >= 11 is 0. The number of hydrogen-bond donors (Lipinski definition) is 1. The van der Waals surface area contributed by atoms with Gasteiger partial charge in [-0.15, -0.1) is 0 Å². The number of amides is 1. The van der Waals surface area contributed by atoms with Crippen LogP contribution >= 0.6 is 0 Å². The monoisotopic (exact) mass is 281 g/mol. The number of rotatable bonds is 4. The molecule has 0 aliphatic heterocycles. The van der Waals surface area contributed by atoms with Crippen molar-refractivity contribution in [1.29, 1.82) is 0 Å². The molecule has 1 atom stereocenters. The fourth-order valence-electron chi connectivity index (χ4n) is 2.73. The molecule has 0 bridgehead atoms. The van der Waals surface area contributed by atoms with Crippen LogP contribution in [0.25, 0.3) is 0 Å². The second-order valence-electron chi connectivity index (χ2n) is 5.46. The molecule has 2 aromatic rings. The molecule has 3 rings (SSSR count). The Hall–Kier alpha value is -2.29. The molecule has 1 N–H and O–H groups in total. The molecule has 3 heteroatoms. The van der Waals surface area contributed by atoms with Gasteiger partial charge in [-0.05, 0) is 43.0 Å². The molecule has 1 amide bonds. The van der Waals surface area contributed by atoms with Crippen LogP contribution in [0, 0.1) is 6.92 Å². The predicted octanol–water partition coefficient (Wildman–Crippen LogP) is 3.18. The van der Waals surface area contributed by atoms with E-state index in [0.29, 0.717) is 0 Å². The van der Waals surface area contributed by atoms with Gasteiger partial charge >= 0.3 is 0 Å². The van der Waals surface area contributed by atoms with E-state index < -0.39 is 0 Å². The van der Waals surface area contributed by atoms with E-state index in [0.717, 1.165) is 18.6 Å². The standard InChI is InChI=1S/C18H19NO2/c1-13-6-9-15(10-7-13)21-12-18(20)19-17-11-8-14-4-2-3-5-16(14)17/h2-7,9-10,17H,8,11-12H2,1H3,(H,19,20). The lowest BCUT2D eigenvalue weighted by molar-refractivity contribution is -0.123. The molecule has 0 saturated carbocycles. The Morgan fingerprint density at radius 1 is 1.19 bits per heavy atom. The van der Waals surface area contributed by atoms with Crippen molar-refractivity contribution in [2.24, 2.45) is 0 Å². The molecule has 3 nitrogen and oxygen atoms in total. The lowest BCUT2D eigenvalue weighted by Gasteiger charge is -2.14. The number of hydrogen-bond acceptors (Lipinski definition) is 2. The van der Waals surface area contributed by atoms with E-state index in [9.17, 15) is 4.79 Å². The molecular weight excluding hydrogens is 262 g/mol. The minimum Gasteiger partial charge on any atom is -0.484 e. The fraction of sp³-hybridized carbons (Fsp3) is 0.278. The molecule has 0 saturated heterocycles. The van der Waals surface area contributed by atoms with E-state index >= 15 is 0 Å². The molecule has 0 radical (unpaired) electrons. The maximum atomic E-state index is 12.0. The van der Waals surface area contributed by atoms with Crippen LogP contribution in [-0.2, 0) is 11.2 Å². The summed E-state index contributed by atoms with van der Waals surface area (Å²) in [6, 6.07) is 16.1. The summed E-state index contributed by atoms with van der Waals surface area (Å²) < 4.78 is 5.51. The highest BCUT2D eigenvalue weighted by atomic mass is 16.5. The van der Waals surface area contributed by atoms with E-state index in [1.54, 1.807) is 0 Å². The Morgan fingerprint density at radius 3 is 2.76 bits per heavy atom. The highest BCUT2D eigenvalue weighted by Gasteiger charge is 2.23. The molecule has 21 heavy (non-hydrogen) atoms. The first-order valence-electron chi connectivity index (χ1n) is 7.29. The zero-order valence-electron chi connectivity index (χ0n) is 12.1. The molecule has 1 aliphatic rings. The maximum Gasteiger partial charge on any atom is 0.258 e. The zero-order chi connectivity index (χ0) is 14.7. The third-order valence-corrected chi connectivity index (χ3v) is 3.86. The summed E-state index contributed by atoms with van der Waals surface area (Å²) in [7, 11) is 0. The number of carbonyl (C=O) groups excluding carboxylic acids is 1. The van der Waals surface area contributed by atoms with Crippen molar-refractivity contribution < 1.29 is 9.53 Å². The summed E-state index contributed by atoms with van der Waals surface area (Å²) in [5, 5.41) is 3.05. The van der Waals surface area contributed by atoms with E-state index in [4.69, 9.17) is 4.74 Å². The van der Waals surface area contributed by atoms with Gasteiger partial charge < -0.3 is 10.1 Å². The topological polar surface area (TPSA) is 38.3 Å². The largest absolute Gasteiger partial charge is 0.484 e. The molecule has 2 aromatic carbocycles. The van der Waals surface area contributed by atoms with Gasteiger partial charge in [0, 0.05) is 0 Å². The fourth-order valence-corrected chi connectivity index (χ4v) is 2.73. The van der Waals surface area contributed by atoms with Crippen molar-refractivity contribution in [3.05, 3.63) is 65.2 Å². The summed E-state index contributed by atoms with van der Waals surface area (Å²) in [4.78, 5) is 12.0. The van der Waals surface area contributed by atoms with Crippen LogP contribution < -0.4 is 10.1 Å². The van der Waals surface area contributed by atoms with Crippen molar-refractivity contribution in [3.8, 4) is 5.75 Å². The Balaban J connectivity index is 1.54. The minimum absolute atomic E-state index is 0.0573. The average molecular weight is 281 g/mol. The SMILES string of the molecule is Cc1ccc(OCC(=O)NC2CCc3ccccc32)cc1. The molecule has 1 unspecified atom stereocenters. The predicted molar refractivity (Wildman–Crippen MR) is 82.3 cm³/mol. The van der Waals surface area contributed by atoms with Gasteiger partial charge in [0.1, 0.15) is 5.75 Å². The quantitative estimate of drug-likeness (QED) is 0.934. The summed E-state index contributed by atoms with van der Waals surface area (Å²) in [6.07, 6.45) is 2.00. The van der Waals surface area contributed by atoms with Gasteiger partial charge in [0.15, 0.2) is 6.61 Å². The van der Waals surface area contributed by atoms with E-state index in [-0.39, 0.29) is 18.6 Å². The van der Waals surface area contributed by atoms with Gasteiger partial charge in [-0.25, -0.2) is 0 Å². The normalized spacial score (nSPS) is 16.3. The van der Waals surface area contributed by atoms with Crippen LogP contribution in [0.3, 0.4) is 0 Å². The number of aryl methyl sites for hydroxylation is 2. The van der Waals surface area contributed by atoms with Crippen molar-refractivity contribution >= 4 is 5.91 Å². The van der Waals surface area contributed by atoms with Crippen LogP contribution in [0.4, 0.5) is 0 Å². The number of nitrogens with one attached hydrogen (secondary N) is 1. The van der Waals surface area contributed by atoms with E-state index in [1.807, 2.05) is 43.3 Å². The third kappa shape index (κ3) is 3.24. The van der Waals surface area contributed by atoms with Gasteiger partial charge in [-0.1, -0.05) is 42.0 Å². The molecule has 108 valence electrons. The van der Waals surface area contributed by atoms with Crippen LogP contribution in [0.1, 0.15) is 29.2 Å². The molecule has 0 fully saturated rings. The third-order valence-electron chi connectivity index (χ3n) is 3.86. The highest BCUT2D eigenvalue weighted by molar-refractivity contribution is 5.78. The Morgan fingerprint density at radius 2 is 1.95 bits per heavy atom. The van der Waals surface area contributed by atoms with Crippen LogP contribution in [-0.4, -0.2) is 12.5 Å². The van der Waals surface area contributed by atoms with Crippen LogP contribution in [0.5, 0.6) is 5.75 Å². The van der Waals surface area contributed by atoms with Gasteiger partial charge in [-0.2, -0.15) is 0 Å². The Bertz CT molecular complexity index is 634. The minimum atomic E-state index is -0.0720. The second-order valence-corrected chi connectivity index (χ2v) is 5.46. The average Bonchev–Trinajstić information content (AvgIpc) is 2.90. The number of fused-ring (bicyclic) bond motifs is 1. The number of ether oxygens (including phenoxy) is 1. The van der Waals surface area contributed by atoms with E-state index in [2.05, 4.69) is 17.4 Å². The number of carbonyl (C=O) groups is 1. The molecule has 1 aliphatic carbocycles. The lowest BCUT2D eigenvalue weighted by atomic mass is 10.1. The summed E-state index contributed by atoms with van der Waals surface area (Å²) in [5.74, 6) is 0.653. The van der Waals surface area contributed by atoms with Gasteiger partial charge in [0.25, 0.3) is 5.91 Å². The van der Waals surface area contributed by atoms with Crippen LogP contribution in [0.2, 0.25) is 0 Å². The Kier molecular flexibility index (Phi) is 3.91. The van der Waals surface area contributed by atoms with Gasteiger partial charge in [0.05, 0.1) is 6.04 Å².